The number of ether oxygens (including phenoxy) is 2. The average molecular weight is 738 g/mol. The lowest BCUT2D eigenvalue weighted by molar-refractivity contribution is -0.161. The molecule has 290 valence electrons. The Bertz CT molecular complexity index is 1140. The van der Waals surface area contributed by atoms with Gasteiger partial charge in [0, 0.05) is 12.8 Å². The number of carboxylic acid groups (broad SMARTS) is 1. The molecule has 51 heavy (non-hydrogen) atoms. The largest absolute Gasteiger partial charge is 0.480 e. The summed E-state index contributed by atoms with van der Waals surface area (Å²) in [4.78, 5) is 45.5. The second kappa shape index (κ2) is 34.0. The van der Waals surface area contributed by atoms with Crippen molar-refractivity contribution in [1.82, 2.24) is 0 Å². The molecule has 0 aromatic heterocycles. The van der Waals surface area contributed by atoms with Crippen LogP contribution in [0.1, 0.15) is 123 Å². The lowest BCUT2D eigenvalue weighted by Crippen LogP contribution is -2.34. The van der Waals surface area contributed by atoms with Crippen LogP contribution < -0.4 is 5.73 Å². The quantitative estimate of drug-likeness (QED) is 0.0254. The van der Waals surface area contributed by atoms with E-state index in [4.69, 9.17) is 24.8 Å². The fourth-order valence-corrected chi connectivity index (χ4v) is 5.10. The third kappa shape index (κ3) is 33.8. The van der Waals surface area contributed by atoms with E-state index in [0.29, 0.717) is 12.8 Å². The molecule has 4 N–H and O–H groups in total. The van der Waals surface area contributed by atoms with Crippen LogP contribution in [0.5, 0.6) is 0 Å². The van der Waals surface area contributed by atoms with Gasteiger partial charge in [0.05, 0.1) is 13.2 Å². The summed E-state index contributed by atoms with van der Waals surface area (Å²) in [5.74, 6) is -2.50. The van der Waals surface area contributed by atoms with Crippen molar-refractivity contribution in [1.29, 1.82) is 0 Å². The van der Waals surface area contributed by atoms with Gasteiger partial charge in [-0.3, -0.25) is 23.4 Å². The number of phosphoric ester groups is 1. The van der Waals surface area contributed by atoms with Crippen molar-refractivity contribution in [3.63, 3.8) is 0 Å². The molecular weight excluding hydrogens is 673 g/mol. The number of aliphatic carboxylic acids is 1. The average Bonchev–Trinajstić information content (AvgIpc) is 3.10. The van der Waals surface area contributed by atoms with E-state index in [0.717, 1.165) is 57.8 Å². The van der Waals surface area contributed by atoms with Gasteiger partial charge in [0.1, 0.15) is 12.6 Å². The van der Waals surface area contributed by atoms with Gasteiger partial charge in [0.2, 0.25) is 0 Å². The highest BCUT2D eigenvalue weighted by molar-refractivity contribution is 7.47. The molecule has 0 spiro atoms. The van der Waals surface area contributed by atoms with Crippen LogP contribution in [0, 0.1) is 0 Å². The number of hydrogen-bond donors (Lipinski definition) is 3. The van der Waals surface area contributed by atoms with Gasteiger partial charge in [-0.15, -0.1) is 0 Å². The number of esters is 2. The smallest absolute Gasteiger partial charge is 0.472 e. The molecule has 0 aromatic rings. The first kappa shape index (κ1) is 47.9. The number of rotatable bonds is 33. The lowest BCUT2D eigenvalue weighted by atomic mass is 10.1. The molecule has 0 aliphatic heterocycles. The highest BCUT2D eigenvalue weighted by Gasteiger charge is 2.28. The lowest BCUT2D eigenvalue weighted by Gasteiger charge is -2.20. The first-order chi connectivity index (χ1) is 24.6. The van der Waals surface area contributed by atoms with Crippen molar-refractivity contribution >= 4 is 25.7 Å². The highest BCUT2D eigenvalue weighted by atomic mass is 31.2. The molecule has 0 aliphatic carbocycles. The number of phosphoric acid groups is 1. The molecule has 11 nitrogen and oxygen atoms in total. The molecule has 0 rings (SSSR count). The van der Waals surface area contributed by atoms with Crippen LogP contribution in [0.2, 0.25) is 0 Å². The number of unbranched alkanes of at least 4 members (excludes halogenated alkanes) is 7. The zero-order chi connectivity index (χ0) is 37.8. The second-order valence-corrected chi connectivity index (χ2v) is 13.4. The fourth-order valence-electron chi connectivity index (χ4n) is 4.32. The molecule has 0 aromatic carbocycles. The zero-order valence-electron chi connectivity index (χ0n) is 30.9. The molecule has 0 aliphatic rings. The number of nitrogens with two attached hydrogens (primary N) is 1. The zero-order valence-corrected chi connectivity index (χ0v) is 31.8. The highest BCUT2D eigenvalue weighted by Crippen LogP contribution is 2.43. The van der Waals surface area contributed by atoms with Gasteiger partial charge in [-0.05, 0) is 51.4 Å². The molecule has 1 unspecified atom stereocenters. The minimum Gasteiger partial charge on any atom is -0.480 e. The predicted molar refractivity (Wildman–Crippen MR) is 203 cm³/mol. The van der Waals surface area contributed by atoms with Crippen LogP contribution >= 0.6 is 7.82 Å². The Balaban J connectivity index is 4.52. The summed E-state index contributed by atoms with van der Waals surface area (Å²) in [6, 6.07) is -1.53. The molecule has 3 atom stereocenters. The van der Waals surface area contributed by atoms with Crippen LogP contribution in [0.4, 0.5) is 0 Å². The number of hydrogen-bond acceptors (Lipinski definition) is 9. The van der Waals surface area contributed by atoms with Gasteiger partial charge in [0.25, 0.3) is 0 Å². The summed E-state index contributed by atoms with van der Waals surface area (Å²) < 4.78 is 32.3. The number of carboxylic acids is 1. The van der Waals surface area contributed by atoms with Crippen molar-refractivity contribution in [3.8, 4) is 0 Å². The summed E-state index contributed by atoms with van der Waals surface area (Å²) in [6.07, 6.45) is 38.7. The molecule has 0 bridgehead atoms. The Morgan fingerprint density at radius 3 is 1.61 bits per heavy atom. The van der Waals surface area contributed by atoms with Gasteiger partial charge in [0.15, 0.2) is 6.10 Å². The van der Waals surface area contributed by atoms with Gasteiger partial charge in [-0.25, -0.2) is 4.57 Å². The van der Waals surface area contributed by atoms with E-state index < -0.39 is 51.1 Å². The number of allylic oxidation sites excluding steroid dienone is 12. The Hall–Kier alpha value is -3.08. The Labute approximate surface area is 306 Å². The summed E-state index contributed by atoms with van der Waals surface area (Å²) in [7, 11) is -4.72. The van der Waals surface area contributed by atoms with Gasteiger partial charge < -0.3 is 25.2 Å². The van der Waals surface area contributed by atoms with Crippen molar-refractivity contribution in [2.75, 3.05) is 19.8 Å². The molecule has 0 heterocycles. The molecule has 0 saturated heterocycles. The van der Waals surface area contributed by atoms with E-state index >= 15 is 0 Å². The van der Waals surface area contributed by atoms with Crippen molar-refractivity contribution in [2.24, 2.45) is 5.73 Å². The predicted octanol–water partition coefficient (Wildman–Crippen LogP) is 9.00. The van der Waals surface area contributed by atoms with E-state index in [1.165, 1.54) is 25.7 Å². The van der Waals surface area contributed by atoms with E-state index in [-0.39, 0.29) is 19.4 Å². The normalized spacial score (nSPS) is 14.7. The first-order valence-corrected chi connectivity index (χ1v) is 20.0. The van der Waals surface area contributed by atoms with Gasteiger partial charge in [-0.1, -0.05) is 132 Å². The van der Waals surface area contributed by atoms with Gasteiger partial charge in [-0.2, -0.15) is 0 Å². The Morgan fingerprint density at radius 1 is 0.627 bits per heavy atom. The summed E-state index contributed by atoms with van der Waals surface area (Å²) in [5.41, 5.74) is 5.30. The second-order valence-electron chi connectivity index (χ2n) is 12.0. The third-order valence-corrected chi connectivity index (χ3v) is 8.18. The monoisotopic (exact) mass is 737 g/mol. The molecular formula is C39H64NO10P. The van der Waals surface area contributed by atoms with Crippen LogP contribution in [0.3, 0.4) is 0 Å². The topological polar surface area (TPSA) is 172 Å². The third-order valence-electron chi connectivity index (χ3n) is 7.23. The van der Waals surface area contributed by atoms with E-state index in [1.807, 2.05) is 12.2 Å². The minimum atomic E-state index is -4.72. The molecule has 0 saturated carbocycles. The minimum absolute atomic E-state index is 0.0939. The number of carbonyl (C=O) groups excluding carboxylic acids is 2. The summed E-state index contributed by atoms with van der Waals surface area (Å²) in [5, 5.41) is 8.84. The molecule has 0 fully saturated rings. The summed E-state index contributed by atoms with van der Waals surface area (Å²) >= 11 is 0. The number of carbonyl (C=O) groups is 3. The van der Waals surface area contributed by atoms with Crippen LogP contribution in [-0.4, -0.2) is 59.9 Å². The molecule has 12 heteroatoms. The van der Waals surface area contributed by atoms with Crippen molar-refractivity contribution in [2.45, 2.75) is 135 Å². The Kier molecular flexibility index (Phi) is 32.0. The van der Waals surface area contributed by atoms with Crippen LogP contribution in [-0.2, 0) is 37.5 Å². The molecule has 0 radical (unpaired) electrons. The van der Waals surface area contributed by atoms with E-state index in [1.54, 1.807) is 0 Å². The maximum absolute atomic E-state index is 12.5. The van der Waals surface area contributed by atoms with Crippen molar-refractivity contribution in [3.05, 3.63) is 72.9 Å². The van der Waals surface area contributed by atoms with Crippen LogP contribution in [0.25, 0.3) is 0 Å². The van der Waals surface area contributed by atoms with Crippen molar-refractivity contribution < 1.29 is 47.5 Å². The Morgan fingerprint density at radius 2 is 1.10 bits per heavy atom. The standard InChI is InChI=1S/C39H64NO10P/c1-3-5-7-9-11-13-14-15-16-17-18-19-20-21-22-23-25-26-28-30-37(41)47-32-35(33-48-51(45,46)49-34-36(40)39(43)44)50-38(42)31-29-27-24-12-10-8-6-4-2/h5,7,11,13,15-16,18-19,21-22,25-26,35-36H,3-4,6,8-10,12,14,17,20,23-24,27-34,40H2,1-2H3,(H,43,44)(H,45,46)/b7-5+,13-11+,16-15+,19-18+,22-21+,26-25+/t35-,36+/m0/s1. The first-order valence-electron chi connectivity index (χ1n) is 18.5. The van der Waals surface area contributed by atoms with E-state index in [9.17, 15) is 23.8 Å². The maximum Gasteiger partial charge on any atom is 0.472 e. The molecule has 0 amide bonds. The SMILES string of the molecule is CC/C=C/C/C=C/C/C=C/C/C=C/C/C=C/C/C=C/CCC(=O)OC[C@@H](COP(=O)(O)OC[C@@H](N)C(=O)O)OC(=O)CCCCCCCCCC. The van der Waals surface area contributed by atoms with Crippen LogP contribution in [0.15, 0.2) is 72.9 Å². The summed E-state index contributed by atoms with van der Waals surface area (Å²) in [6.45, 7) is 2.53. The fraction of sp³-hybridized carbons (Fsp3) is 0.615. The maximum atomic E-state index is 12.5. The van der Waals surface area contributed by atoms with Gasteiger partial charge >= 0.3 is 25.7 Å². The van der Waals surface area contributed by atoms with E-state index in [2.05, 4.69) is 79.1 Å².